The summed E-state index contributed by atoms with van der Waals surface area (Å²) >= 11 is 7.90. The Bertz CT molecular complexity index is 345. The lowest BCUT2D eigenvalue weighted by Gasteiger charge is -2.05. The molecule has 1 aromatic heterocycles. The summed E-state index contributed by atoms with van der Waals surface area (Å²) in [6.07, 6.45) is 1.55. The van der Waals surface area contributed by atoms with Crippen molar-refractivity contribution in [1.29, 1.82) is 0 Å². The fourth-order valence-corrected chi connectivity index (χ4v) is 1.31. The van der Waals surface area contributed by atoms with Crippen LogP contribution >= 0.6 is 34.2 Å². The summed E-state index contributed by atoms with van der Waals surface area (Å²) in [7, 11) is 1.59. The average molecular weight is 326 g/mol. The molecular formula is C8H9ClIN3O. The summed E-state index contributed by atoms with van der Waals surface area (Å²) in [6.45, 7) is 0.210. The minimum atomic E-state index is -0.0863. The van der Waals surface area contributed by atoms with Crippen molar-refractivity contribution in [1.82, 2.24) is 10.3 Å². The van der Waals surface area contributed by atoms with Crippen LogP contribution in [0.15, 0.2) is 12.3 Å². The van der Waals surface area contributed by atoms with E-state index in [1.165, 1.54) is 0 Å². The smallest absolute Gasteiger partial charge is 0.239 e. The molecule has 0 saturated carbocycles. The zero-order chi connectivity index (χ0) is 10.6. The molecule has 0 radical (unpaired) electrons. The highest BCUT2D eigenvalue weighted by atomic mass is 127. The van der Waals surface area contributed by atoms with E-state index in [0.717, 1.165) is 3.57 Å². The second-order valence-electron chi connectivity index (χ2n) is 2.51. The molecule has 1 aromatic rings. The number of anilines is 1. The third kappa shape index (κ3) is 3.30. The first-order valence-corrected chi connectivity index (χ1v) is 5.34. The Morgan fingerprint density at radius 1 is 1.71 bits per heavy atom. The summed E-state index contributed by atoms with van der Waals surface area (Å²) < 4.78 is 0.902. The van der Waals surface area contributed by atoms with E-state index in [9.17, 15) is 4.79 Å². The highest BCUT2D eigenvalue weighted by Crippen LogP contribution is 2.19. The van der Waals surface area contributed by atoms with E-state index in [1.807, 2.05) is 0 Å². The highest BCUT2D eigenvalue weighted by molar-refractivity contribution is 14.1. The van der Waals surface area contributed by atoms with Crippen molar-refractivity contribution >= 4 is 45.9 Å². The maximum Gasteiger partial charge on any atom is 0.239 e. The topological polar surface area (TPSA) is 54.0 Å². The van der Waals surface area contributed by atoms with Gasteiger partial charge in [0.05, 0.1) is 11.6 Å². The van der Waals surface area contributed by atoms with Crippen molar-refractivity contribution < 1.29 is 4.79 Å². The number of hydrogen-bond acceptors (Lipinski definition) is 3. The normalized spacial score (nSPS) is 9.64. The van der Waals surface area contributed by atoms with Gasteiger partial charge in [0.1, 0.15) is 5.82 Å². The number of carbonyl (C=O) groups excluding carboxylic acids is 1. The van der Waals surface area contributed by atoms with Crippen LogP contribution < -0.4 is 10.6 Å². The van der Waals surface area contributed by atoms with Crippen LogP contribution in [0.4, 0.5) is 5.82 Å². The van der Waals surface area contributed by atoms with Gasteiger partial charge in [0, 0.05) is 16.8 Å². The van der Waals surface area contributed by atoms with Gasteiger partial charge in [-0.15, -0.1) is 0 Å². The predicted molar refractivity (Wildman–Crippen MR) is 64.5 cm³/mol. The van der Waals surface area contributed by atoms with Gasteiger partial charge in [0.25, 0.3) is 0 Å². The lowest BCUT2D eigenvalue weighted by molar-refractivity contribution is -0.118. The average Bonchev–Trinajstić information content (AvgIpc) is 2.19. The first-order chi connectivity index (χ1) is 6.63. The van der Waals surface area contributed by atoms with E-state index in [0.29, 0.717) is 10.8 Å². The number of rotatable bonds is 3. The van der Waals surface area contributed by atoms with E-state index in [-0.39, 0.29) is 12.5 Å². The number of carbonyl (C=O) groups is 1. The van der Waals surface area contributed by atoms with Crippen molar-refractivity contribution in [2.45, 2.75) is 0 Å². The van der Waals surface area contributed by atoms with Crippen LogP contribution in [0.25, 0.3) is 0 Å². The largest absolute Gasteiger partial charge is 0.361 e. The molecule has 1 amide bonds. The zero-order valence-corrected chi connectivity index (χ0v) is 10.4. The lowest BCUT2D eigenvalue weighted by Crippen LogP contribution is -2.26. The molecule has 0 aliphatic heterocycles. The van der Waals surface area contributed by atoms with Crippen molar-refractivity contribution in [3.05, 3.63) is 20.9 Å². The predicted octanol–water partition coefficient (Wildman–Crippen LogP) is 1.50. The van der Waals surface area contributed by atoms with Gasteiger partial charge >= 0.3 is 0 Å². The molecule has 1 rings (SSSR count). The van der Waals surface area contributed by atoms with Crippen LogP contribution in [0.3, 0.4) is 0 Å². The molecule has 0 saturated heterocycles. The Morgan fingerprint density at radius 2 is 2.43 bits per heavy atom. The number of likely N-dealkylation sites (N-methyl/N-ethyl adjacent to an activating group) is 1. The van der Waals surface area contributed by atoms with E-state index in [4.69, 9.17) is 11.6 Å². The van der Waals surface area contributed by atoms with Gasteiger partial charge in [0.2, 0.25) is 5.91 Å². The molecule has 0 aromatic carbocycles. The summed E-state index contributed by atoms with van der Waals surface area (Å²) in [5.41, 5.74) is 0. The van der Waals surface area contributed by atoms with Gasteiger partial charge in [0.15, 0.2) is 0 Å². The number of pyridine rings is 1. The molecule has 0 spiro atoms. The van der Waals surface area contributed by atoms with Gasteiger partial charge in [-0.1, -0.05) is 11.6 Å². The van der Waals surface area contributed by atoms with Gasteiger partial charge in [-0.3, -0.25) is 4.79 Å². The molecule has 76 valence electrons. The lowest BCUT2D eigenvalue weighted by atomic mass is 10.4. The third-order valence-electron chi connectivity index (χ3n) is 1.52. The number of hydrogen-bond donors (Lipinski definition) is 2. The fourth-order valence-electron chi connectivity index (χ4n) is 0.770. The molecule has 14 heavy (non-hydrogen) atoms. The summed E-state index contributed by atoms with van der Waals surface area (Å²) in [5.74, 6) is 0.555. The standard InChI is InChI=1S/C8H9ClIN3O/c1-11-8(14)4-13-7-2-6(10)5(9)3-12-7/h2-3H,4H2,1H3,(H,11,14)(H,12,13). The van der Waals surface area contributed by atoms with Crippen molar-refractivity contribution in [2.75, 3.05) is 18.9 Å². The van der Waals surface area contributed by atoms with E-state index >= 15 is 0 Å². The number of aromatic nitrogens is 1. The Kier molecular flexibility index (Phi) is 4.40. The summed E-state index contributed by atoms with van der Waals surface area (Å²) in [6, 6.07) is 1.78. The molecule has 0 aliphatic rings. The molecule has 2 N–H and O–H groups in total. The van der Waals surface area contributed by atoms with Crippen LogP contribution in [0.1, 0.15) is 0 Å². The molecule has 6 heteroatoms. The number of amides is 1. The molecule has 0 atom stereocenters. The first-order valence-electron chi connectivity index (χ1n) is 3.89. The van der Waals surface area contributed by atoms with Gasteiger partial charge in [-0.25, -0.2) is 4.98 Å². The second kappa shape index (κ2) is 5.35. The van der Waals surface area contributed by atoms with Gasteiger partial charge in [-0.05, 0) is 28.7 Å². The van der Waals surface area contributed by atoms with E-state index in [2.05, 4.69) is 38.2 Å². The Balaban J connectivity index is 2.60. The second-order valence-corrected chi connectivity index (χ2v) is 4.08. The van der Waals surface area contributed by atoms with Crippen molar-refractivity contribution in [3.63, 3.8) is 0 Å². The molecule has 0 fully saturated rings. The summed E-state index contributed by atoms with van der Waals surface area (Å²) in [5, 5.41) is 5.99. The molecular weight excluding hydrogens is 316 g/mol. The minimum absolute atomic E-state index is 0.0863. The fraction of sp³-hybridized carbons (Fsp3) is 0.250. The number of nitrogens with zero attached hydrogens (tertiary/aromatic N) is 1. The number of halogens is 2. The molecule has 0 aliphatic carbocycles. The zero-order valence-electron chi connectivity index (χ0n) is 7.47. The minimum Gasteiger partial charge on any atom is -0.361 e. The van der Waals surface area contributed by atoms with Crippen LogP contribution in [-0.2, 0) is 4.79 Å². The van der Waals surface area contributed by atoms with Crippen LogP contribution in [0.2, 0.25) is 5.02 Å². The monoisotopic (exact) mass is 325 g/mol. The van der Waals surface area contributed by atoms with Crippen LogP contribution in [0.5, 0.6) is 0 Å². The third-order valence-corrected chi connectivity index (χ3v) is 3.03. The first kappa shape index (κ1) is 11.5. The molecule has 1 heterocycles. The quantitative estimate of drug-likeness (QED) is 0.828. The molecule has 4 nitrogen and oxygen atoms in total. The SMILES string of the molecule is CNC(=O)CNc1cc(I)c(Cl)cn1. The van der Waals surface area contributed by atoms with Crippen molar-refractivity contribution in [2.24, 2.45) is 0 Å². The van der Waals surface area contributed by atoms with Crippen LogP contribution in [0, 0.1) is 3.57 Å². The maximum absolute atomic E-state index is 10.9. The van der Waals surface area contributed by atoms with Crippen LogP contribution in [-0.4, -0.2) is 24.5 Å². The Morgan fingerprint density at radius 3 is 3.00 bits per heavy atom. The Labute approximate surface area is 101 Å². The Hall–Kier alpha value is -0.560. The summed E-state index contributed by atoms with van der Waals surface area (Å²) in [4.78, 5) is 14.9. The number of nitrogens with one attached hydrogen (secondary N) is 2. The maximum atomic E-state index is 10.9. The highest BCUT2D eigenvalue weighted by Gasteiger charge is 2.01. The molecule has 0 bridgehead atoms. The van der Waals surface area contributed by atoms with Crippen molar-refractivity contribution in [3.8, 4) is 0 Å². The van der Waals surface area contributed by atoms with Gasteiger partial charge in [-0.2, -0.15) is 0 Å². The molecule has 0 unspecified atom stereocenters. The van der Waals surface area contributed by atoms with E-state index < -0.39 is 0 Å². The van der Waals surface area contributed by atoms with Gasteiger partial charge < -0.3 is 10.6 Å². The van der Waals surface area contributed by atoms with E-state index in [1.54, 1.807) is 19.3 Å².